The van der Waals surface area contributed by atoms with E-state index in [-0.39, 0.29) is 0 Å². The molecule has 3 heteroatoms. The topological polar surface area (TPSA) is 26.3 Å². The van der Waals surface area contributed by atoms with Crippen molar-refractivity contribution in [2.45, 2.75) is 0 Å². The highest BCUT2D eigenvalue weighted by molar-refractivity contribution is 6.33. The molecule has 2 nitrogen and oxygen atoms in total. The van der Waals surface area contributed by atoms with Crippen molar-refractivity contribution in [3.8, 4) is 5.75 Å². The third-order valence-electron chi connectivity index (χ3n) is 2.74. The molecule has 0 saturated carbocycles. The second-order valence-electron chi connectivity index (χ2n) is 4.01. The molecule has 0 heterocycles. The Balaban J connectivity index is 2.17. The predicted molar refractivity (Wildman–Crippen MR) is 78.8 cm³/mol. The quantitative estimate of drug-likeness (QED) is 0.612. The van der Waals surface area contributed by atoms with Gasteiger partial charge in [0, 0.05) is 5.56 Å². The number of benzene rings is 2. The SMILES string of the molecule is COc1ccc(/C=C/c2ccc(C=O)c(Cl)c2)cc1. The van der Waals surface area contributed by atoms with E-state index < -0.39 is 0 Å². The minimum Gasteiger partial charge on any atom is -0.497 e. The molecule has 2 aromatic rings. The van der Waals surface area contributed by atoms with E-state index in [0.29, 0.717) is 10.6 Å². The Morgan fingerprint density at radius 3 is 2.21 bits per heavy atom. The van der Waals surface area contributed by atoms with Crippen molar-refractivity contribution in [2.24, 2.45) is 0 Å². The first-order valence-corrected chi connectivity index (χ1v) is 6.17. The van der Waals surface area contributed by atoms with Gasteiger partial charge in [0.05, 0.1) is 12.1 Å². The van der Waals surface area contributed by atoms with Gasteiger partial charge in [-0.25, -0.2) is 0 Å². The summed E-state index contributed by atoms with van der Waals surface area (Å²) in [7, 11) is 1.64. The zero-order chi connectivity index (χ0) is 13.7. The lowest BCUT2D eigenvalue weighted by Gasteiger charge is -2.00. The van der Waals surface area contributed by atoms with Gasteiger partial charge in [-0.15, -0.1) is 0 Å². The van der Waals surface area contributed by atoms with Crippen molar-refractivity contribution >= 4 is 30.0 Å². The summed E-state index contributed by atoms with van der Waals surface area (Å²) in [6.07, 6.45) is 4.67. The molecule has 0 bridgehead atoms. The van der Waals surface area contributed by atoms with E-state index in [1.807, 2.05) is 42.5 Å². The van der Waals surface area contributed by atoms with Crippen molar-refractivity contribution in [2.75, 3.05) is 7.11 Å². The van der Waals surface area contributed by atoms with E-state index in [0.717, 1.165) is 23.2 Å². The van der Waals surface area contributed by atoms with E-state index in [1.165, 1.54) is 0 Å². The zero-order valence-electron chi connectivity index (χ0n) is 10.5. The summed E-state index contributed by atoms with van der Waals surface area (Å²) >= 11 is 5.97. The summed E-state index contributed by atoms with van der Waals surface area (Å²) in [5.41, 5.74) is 2.52. The largest absolute Gasteiger partial charge is 0.497 e. The number of carbonyl (C=O) groups is 1. The number of hydrogen-bond donors (Lipinski definition) is 0. The predicted octanol–water partition coefficient (Wildman–Crippen LogP) is 4.33. The van der Waals surface area contributed by atoms with Crippen molar-refractivity contribution in [3.63, 3.8) is 0 Å². The van der Waals surface area contributed by atoms with E-state index in [9.17, 15) is 4.79 Å². The highest BCUT2D eigenvalue weighted by Crippen LogP contribution is 2.18. The second kappa shape index (κ2) is 6.21. The first kappa shape index (κ1) is 13.4. The molecule has 0 aliphatic carbocycles. The fourth-order valence-corrected chi connectivity index (χ4v) is 1.88. The van der Waals surface area contributed by atoms with E-state index in [4.69, 9.17) is 16.3 Å². The standard InChI is InChI=1S/C16H13ClO2/c1-19-15-8-5-12(6-9-15)2-3-13-4-7-14(11-18)16(17)10-13/h2-11H,1H3/b3-2+. The number of halogens is 1. The lowest BCUT2D eigenvalue weighted by Crippen LogP contribution is -1.83. The normalized spacial score (nSPS) is 10.6. The van der Waals surface area contributed by atoms with Crippen LogP contribution in [0, 0.1) is 0 Å². The lowest BCUT2D eigenvalue weighted by atomic mass is 10.1. The first-order valence-electron chi connectivity index (χ1n) is 5.80. The summed E-state index contributed by atoms with van der Waals surface area (Å²) in [5, 5.41) is 0.465. The number of methoxy groups -OCH3 is 1. The Kier molecular flexibility index (Phi) is 4.37. The Morgan fingerprint density at radius 2 is 1.63 bits per heavy atom. The van der Waals surface area contributed by atoms with E-state index in [2.05, 4.69) is 0 Å². The molecule has 0 aliphatic rings. The number of carbonyl (C=O) groups excluding carboxylic acids is 1. The monoisotopic (exact) mass is 272 g/mol. The number of aldehydes is 1. The van der Waals surface area contributed by atoms with Crippen molar-refractivity contribution in [1.82, 2.24) is 0 Å². The average Bonchev–Trinajstić information content (AvgIpc) is 2.46. The highest BCUT2D eigenvalue weighted by Gasteiger charge is 1.98. The Hall–Kier alpha value is -2.06. The molecular weight excluding hydrogens is 260 g/mol. The van der Waals surface area contributed by atoms with Crippen LogP contribution in [0.4, 0.5) is 0 Å². The minimum absolute atomic E-state index is 0.465. The molecule has 19 heavy (non-hydrogen) atoms. The van der Waals surface area contributed by atoms with Gasteiger partial charge in [-0.3, -0.25) is 4.79 Å². The summed E-state index contributed by atoms with van der Waals surface area (Å²) in [6, 6.07) is 13.1. The van der Waals surface area contributed by atoms with Crippen molar-refractivity contribution in [1.29, 1.82) is 0 Å². The first-order chi connectivity index (χ1) is 9.22. The van der Waals surface area contributed by atoms with Crippen molar-refractivity contribution in [3.05, 3.63) is 64.2 Å². The molecule has 0 aliphatic heterocycles. The fraction of sp³-hybridized carbons (Fsp3) is 0.0625. The van der Waals surface area contributed by atoms with Gasteiger partial charge in [0.2, 0.25) is 0 Å². The van der Waals surface area contributed by atoms with Crippen LogP contribution in [0.25, 0.3) is 12.2 Å². The molecule has 0 unspecified atom stereocenters. The number of ether oxygens (including phenoxy) is 1. The molecule has 0 radical (unpaired) electrons. The van der Waals surface area contributed by atoms with Crippen LogP contribution in [0.15, 0.2) is 42.5 Å². The molecule has 96 valence electrons. The fourth-order valence-electron chi connectivity index (χ4n) is 1.65. The Labute approximate surface area is 117 Å². The molecule has 0 aromatic heterocycles. The molecule has 0 atom stereocenters. The van der Waals surface area contributed by atoms with Crippen LogP contribution in [0.3, 0.4) is 0 Å². The summed E-state index contributed by atoms with van der Waals surface area (Å²) in [4.78, 5) is 10.7. The summed E-state index contributed by atoms with van der Waals surface area (Å²) < 4.78 is 5.10. The van der Waals surface area contributed by atoms with Crippen LogP contribution >= 0.6 is 11.6 Å². The molecule has 0 saturated heterocycles. The molecule has 2 rings (SSSR count). The van der Waals surface area contributed by atoms with Gasteiger partial charge >= 0.3 is 0 Å². The van der Waals surface area contributed by atoms with Crippen LogP contribution in [-0.2, 0) is 0 Å². The molecule has 0 fully saturated rings. The lowest BCUT2D eigenvalue weighted by molar-refractivity contribution is 0.112. The van der Waals surface area contributed by atoms with Gasteiger partial charge < -0.3 is 4.74 Å². The summed E-state index contributed by atoms with van der Waals surface area (Å²) in [6.45, 7) is 0. The maximum Gasteiger partial charge on any atom is 0.151 e. The Morgan fingerprint density at radius 1 is 1.00 bits per heavy atom. The smallest absolute Gasteiger partial charge is 0.151 e. The third-order valence-corrected chi connectivity index (χ3v) is 3.06. The minimum atomic E-state index is 0.465. The Bertz CT molecular complexity index is 601. The van der Waals surface area contributed by atoms with Gasteiger partial charge in [-0.05, 0) is 35.4 Å². The second-order valence-corrected chi connectivity index (χ2v) is 4.41. The van der Waals surface area contributed by atoms with Crippen LogP contribution < -0.4 is 4.74 Å². The number of rotatable bonds is 4. The maximum atomic E-state index is 10.7. The number of hydrogen-bond acceptors (Lipinski definition) is 2. The van der Waals surface area contributed by atoms with E-state index >= 15 is 0 Å². The molecule has 0 N–H and O–H groups in total. The maximum absolute atomic E-state index is 10.7. The molecule has 2 aromatic carbocycles. The highest BCUT2D eigenvalue weighted by atomic mass is 35.5. The third kappa shape index (κ3) is 3.46. The average molecular weight is 273 g/mol. The van der Waals surface area contributed by atoms with Crippen LogP contribution in [-0.4, -0.2) is 13.4 Å². The van der Waals surface area contributed by atoms with Gasteiger partial charge in [-0.1, -0.05) is 42.0 Å². The molecule has 0 spiro atoms. The van der Waals surface area contributed by atoms with Crippen molar-refractivity contribution < 1.29 is 9.53 Å². The van der Waals surface area contributed by atoms with Gasteiger partial charge in [0.1, 0.15) is 5.75 Å². The van der Waals surface area contributed by atoms with Crippen LogP contribution in [0.5, 0.6) is 5.75 Å². The summed E-state index contributed by atoms with van der Waals surface area (Å²) in [5.74, 6) is 0.829. The van der Waals surface area contributed by atoms with Gasteiger partial charge in [-0.2, -0.15) is 0 Å². The van der Waals surface area contributed by atoms with Crippen LogP contribution in [0.1, 0.15) is 21.5 Å². The van der Waals surface area contributed by atoms with Gasteiger partial charge in [0.15, 0.2) is 6.29 Å². The molecule has 0 amide bonds. The van der Waals surface area contributed by atoms with Gasteiger partial charge in [0.25, 0.3) is 0 Å². The molecular formula is C16H13ClO2. The zero-order valence-corrected chi connectivity index (χ0v) is 11.2. The van der Waals surface area contributed by atoms with E-state index in [1.54, 1.807) is 19.2 Å². The van der Waals surface area contributed by atoms with Crippen LogP contribution in [0.2, 0.25) is 5.02 Å².